The summed E-state index contributed by atoms with van der Waals surface area (Å²) in [6.45, 7) is 0.361. The number of alkyl halides is 3. The molecule has 2 aromatic rings. The molecule has 0 aliphatic heterocycles. The smallest absolute Gasteiger partial charge is 0.417 e. The number of carbonyl (C=O) groups is 2. The van der Waals surface area contributed by atoms with E-state index >= 15 is 0 Å². The van der Waals surface area contributed by atoms with Crippen molar-refractivity contribution in [2.24, 2.45) is 0 Å². The summed E-state index contributed by atoms with van der Waals surface area (Å²) >= 11 is 0. The molecule has 2 rings (SSSR count). The molecule has 0 aliphatic rings. The van der Waals surface area contributed by atoms with E-state index in [1.807, 2.05) is 0 Å². The SMILES string of the molecule is O=C(O)CCCCNC(=O)c1ccc(Oc2ccc(C(F)(F)F)cn2)cc1. The Morgan fingerprint density at radius 3 is 2.33 bits per heavy atom. The Morgan fingerprint density at radius 2 is 1.78 bits per heavy atom. The molecule has 0 spiro atoms. The minimum atomic E-state index is -4.46. The van der Waals surface area contributed by atoms with Gasteiger partial charge in [0, 0.05) is 30.8 Å². The van der Waals surface area contributed by atoms with E-state index in [0.29, 0.717) is 36.9 Å². The van der Waals surface area contributed by atoms with Gasteiger partial charge in [0.2, 0.25) is 5.88 Å². The summed E-state index contributed by atoms with van der Waals surface area (Å²) in [5.41, 5.74) is -0.494. The van der Waals surface area contributed by atoms with Crippen LogP contribution in [-0.2, 0) is 11.0 Å². The molecule has 27 heavy (non-hydrogen) atoms. The number of carbonyl (C=O) groups excluding carboxylic acids is 1. The molecular formula is C18H17F3N2O4. The van der Waals surface area contributed by atoms with E-state index in [4.69, 9.17) is 9.84 Å². The molecule has 0 saturated heterocycles. The first-order valence-corrected chi connectivity index (χ1v) is 8.07. The van der Waals surface area contributed by atoms with E-state index in [1.54, 1.807) is 0 Å². The number of ether oxygens (including phenoxy) is 1. The second kappa shape index (κ2) is 9.02. The molecule has 0 fully saturated rings. The first-order valence-electron chi connectivity index (χ1n) is 8.07. The molecule has 0 bridgehead atoms. The number of rotatable bonds is 8. The van der Waals surface area contributed by atoms with Crippen LogP contribution in [0.5, 0.6) is 11.6 Å². The van der Waals surface area contributed by atoms with Crippen LogP contribution in [0.25, 0.3) is 0 Å². The largest absolute Gasteiger partial charge is 0.481 e. The van der Waals surface area contributed by atoms with Crippen molar-refractivity contribution in [2.75, 3.05) is 6.54 Å². The zero-order valence-electron chi connectivity index (χ0n) is 14.1. The van der Waals surface area contributed by atoms with Crippen molar-refractivity contribution >= 4 is 11.9 Å². The number of nitrogens with one attached hydrogen (secondary N) is 1. The highest BCUT2D eigenvalue weighted by Crippen LogP contribution is 2.30. The van der Waals surface area contributed by atoms with Gasteiger partial charge in [-0.25, -0.2) is 4.98 Å². The Kier molecular flexibility index (Phi) is 6.75. The average Bonchev–Trinajstić information content (AvgIpc) is 2.61. The summed E-state index contributed by atoms with van der Waals surface area (Å²) in [6.07, 6.45) is -2.70. The number of benzene rings is 1. The third kappa shape index (κ3) is 6.61. The number of amides is 1. The van der Waals surface area contributed by atoms with Crippen LogP contribution in [0, 0.1) is 0 Å². The van der Waals surface area contributed by atoms with Crippen molar-refractivity contribution in [2.45, 2.75) is 25.4 Å². The molecule has 0 saturated carbocycles. The number of carboxylic acids is 1. The molecule has 0 aliphatic carbocycles. The van der Waals surface area contributed by atoms with Gasteiger partial charge in [-0.1, -0.05) is 0 Å². The quantitative estimate of drug-likeness (QED) is 0.677. The van der Waals surface area contributed by atoms with Crippen LogP contribution in [0.15, 0.2) is 42.6 Å². The van der Waals surface area contributed by atoms with Crippen molar-refractivity contribution < 1.29 is 32.6 Å². The van der Waals surface area contributed by atoms with Crippen LogP contribution in [0.1, 0.15) is 35.2 Å². The van der Waals surface area contributed by atoms with Gasteiger partial charge >= 0.3 is 12.1 Å². The predicted octanol–water partition coefficient (Wildman–Crippen LogP) is 3.88. The Morgan fingerprint density at radius 1 is 1.07 bits per heavy atom. The average molecular weight is 382 g/mol. The summed E-state index contributed by atoms with van der Waals surface area (Å²) in [5.74, 6) is -0.872. The van der Waals surface area contributed by atoms with Crippen LogP contribution in [0.3, 0.4) is 0 Å². The number of hydrogen-bond donors (Lipinski definition) is 2. The minimum absolute atomic E-state index is 0.00127. The van der Waals surface area contributed by atoms with Crippen molar-refractivity contribution in [1.29, 1.82) is 0 Å². The lowest BCUT2D eigenvalue weighted by Gasteiger charge is -2.09. The summed E-state index contributed by atoms with van der Waals surface area (Å²) in [4.78, 5) is 25.9. The lowest BCUT2D eigenvalue weighted by molar-refractivity contribution is -0.138. The molecule has 144 valence electrons. The number of aromatic nitrogens is 1. The number of halogens is 3. The Bertz CT molecular complexity index is 775. The van der Waals surface area contributed by atoms with Crippen molar-refractivity contribution in [3.63, 3.8) is 0 Å². The monoisotopic (exact) mass is 382 g/mol. The first-order chi connectivity index (χ1) is 12.8. The minimum Gasteiger partial charge on any atom is -0.481 e. The topological polar surface area (TPSA) is 88.5 Å². The van der Waals surface area contributed by atoms with Crippen molar-refractivity contribution in [3.05, 3.63) is 53.7 Å². The van der Waals surface area contributed by atoms with Gasteiger partial charge in [-0.2, -0.15) is 13.2 Å². The third-order valence-corrected chi connectivity index (χ3v) is 3.51. The van der Waals surface area contributed by atoms with E-state index in [9.17, 15) is 22.8 Å². The number of hydrogen-bond acceptors (Lipinski definition) is 4. The molecule has 1 amide bonds. The highest BCUT2D eigenvalue weighted by molar-refractivity contribution is 5.94. The summed E-state index contributed by atoms with van der Waals surface area (Å²) in [6, 6.07) is 7.99. The fourth-order valence-electron chi connectivity index (χ4n) is 2.11. The van der Waals surface area contributed by atoms with E-state index < -0.39 is 17.7 Å². The number of unbranched alkanes of at least 4 members (excludes halogenated alkanes) is 1. The predicted molar refractivity (Wildman–Crippen MR) is 89.6 cm³/mol. The Balaban J connectivity index is 1.85. The molecule has 1 aromatic heterocycles. The molecule has 9 heteroatoms. The van der Waals surface area contributed by atoms with Crippen LogP contribution in [0.2, 0.25) is 0 Å². The van der Waals surface area contributed by atoms with Gasteiger partial charge in [0.1, 0.15) is 5.75 Å². The van der Waals surface area contributed by atoms with Crippen molar-refractivity contribution in [1.82, 2.24) is 10.3 Å². The maximum absolute atomic E-state index is 12.5. The third-order valence-electron chi connectivity index (χ3n) is 3.51. The van der Waals surface area contributed by atoms with Gasteiger partial charge < -0.3 is 15.2 Å². The van der Waals surface area contributed by atoms with Gasteiger partial charge in [0.25, 0.3) is 5.91 Å². The summed E-state index contributed by atoms with van der Waals surface area (Å²) < 4.78 is 42.8. The number of carboxylic acid groups (broad SMARTS) is 1. The van der Waals surface area contributed by atoms with Gasteiger partial charge in [0.05, 0.1) is 5.56 Å². The number of pyridine rings is 1. The summed E-state index contributed by atoms with van der Waals surface area (Å²) in [7, 11) is 0. The van der Waals surface area contributed by atoms with Gasteiger partial charge in [-0.05, 0) is 43.2 Å². The van der Waals surface area contributed by atoms with Crippen molar-refractivity contribution in [3.8, 4) is 11.6 Å². The van der Waals surface area contributed by atoms with Gasteiger partial charge in [-0.3, -0.25) is 9.59 Å². The van der Waals surface area contributed by atoms with Crippen LogP contribution in [0.4, 0.5) is 13.2 Å². The van der Waals surface area contributed by atoms with Gasteiger partial charge in [-0.15, -0.1) is 0 Å². The zero-order valence-corrected chi connectivity index (χ0v) is 14.1. The fraction of sp³-hybridized carbons (Fsp3) is 0.278. The molecule has 0 unspecified atom stereocenters. The van der Waals surface area contributed by atoms with E-state index in [-0.39, 0.29) is 18.2 Å². The Hall–Kier alpha value is -3.10. The molecule has 0 atom stereocenters. The normalized spacial score (nSPS) is 11.1. The highest BCUT2D eigenvalue weighted by atomic mass is 19.4. The summed E-state index contributed by atoms with van der Waals surface area (Å²) in [5, 5.41) is 11.2. The standard InChI is InChI=1S/C18H17F3N2O4/c19-18(20,21)13-6-9-15(23-11-13)27-14-7-4-12(5-8-14)17(26)22-10-2-1-3-16(24)25/h4-9,11H,1-3,10H2,(H,22,26)(H,24,25). The molecule has 1 aromatic carbocycles. The molecule has 2 N–H and O–H groups in total. The molecule has 1 heterocycles. The lowest BCUT2D eigenvalue weighted by Crippen LogP contribution is -2.24. The van der Waals surface area contributed by atoms with E-state index in [0.717, 1.165) is 12.1 Å². The maximum Gasteiger partial charge on any atom is 0.417 e. The maximum atomic E-state index is 12.5. The molecule has 0 radical (unpaired) electrons. The first kappa shape index (κ1) is 20.2. The second-order valence-corrected chi connectivity index (χ2v) is 5.62. The number of aliphatic carboxylic acids is 1. The van der Waals surface area contributed by atoms with E-state index in [2.05, 4.69) is 10.3 Å². The van der Waals surface area contributed by atoms with Crippen LogP contribution in [-0.4, -0.2) is 28.5 Å². The zero-order chi connectivity index (χ0) is 19.9. The van der Waals surface area contributed by atoms with Crippen LogP contribution < -0.4 is 10.1 Å². The Labute approximate surface area is 153 Å². The van der Waals surface area contributed by atoms with Crippen LogP contribution >= 0.6 is 0 Å². The second-order valence-electron chi connectivity index (χ2n) is 5.62. The fourth-order valence-corrected chi connectivity index (χ4v) is 2.11. The highest BCUT2D eigenvalue weighted by Gasteiger charge is 2.30. The van der Waals surface area contributed by atoms with E-state index in [1.165, 1.54) is 24.3 Å². The molecule has 6 nitrogen and oxygen atoms in total. The number of nitrogens with zero attached hydrogens (tertiary/aromatic N) is 1. The molecular weight excluding hydrogens is 365 g/mol. The van der Waals surface area contributed by atoms with Gasteiger partial charge in [0.15, 0.2) is 0 Å². The lowest BCUT2D eigenvalue weighted by atomic mass is 10.2.